The summed E-state index contributed by atoms with van der Waals surface area (Å²) in [7, 11) is 0. The van der Waals surface area contributed by atoms with Crippen molar-refractivity contribution in [1.82, 2.24) is 4.98 Å². The summed E-state index contributed by atoms with van der Waals surface area (Å²) in [5.41, 5.74) is 12.2. The lowest BCUT2D eigenvalue weighted by atomic mass is 10.1. The molecule has 35 heavy (non-hydrogen) atoms. The molecule has 1 heterocycles. The summed E-state index contributed by atoms with van der Waals surface area (Å²) in [6.07, 6.45) is 0.493. The average Bonchev–Trinajstić information content (AvgIpc) is 3.15. The van der Waals surface area contributed by atoms with Gasteiger partial charge in [0.05, 0.1) is 11.5 Å². The number of nitrogens with two attached hydrogens (primary N) is 2. The second-order valence-corrected chi connectivity index (χ2v) is 9.45. The van der Waals surface area contributed by atoms with Crippen LogP contribution in [0.3, 0.4) is 0 Å². The SMILES string of the molecule is CCOC(=O)C(C)(C)Oc1ccc(Cc2sc(N(c3ccc(F)cc3)C(C)C(N)=O)nc2N)cc1. The number of ether oxygens (including phenoxy) is 2. The zero-order valence-electron chi connectivity index (χ0n) is 20.1. The van der Waals surface area contributed by atoms with E-state index < -0.39 is 29.3 Å². The highest BCUT2D eigenvalue weighted by atomic mass is 32.1. The summed E-state index contributed by atoms with van der Waals surface area (Å²) in [6.45, 7) is 6.97. The first kappa shape index (κ1) is 26.0. The molecule has 0 bridgehead atoms. The van der Waals surface area contributed by atoms with Crippen LogP contribution in [-0.4, -0.2) is 35.1 Å². The first-order chi connectivity index (χ1) is 16.5. The van der Waals surface area contributed by atoms with Gasteiger partial charge in [0, 0.05) is 12.1 Å². The lowest BCUT2D eigenvalue weighted by Crippen LogP contribution is -2.39. The molecule has 0 fully saturated rings. The first-order valence-corrected chi connectivity index (χ1v) is 11.9. The quantitative estimate of drug-likeness (QED) is 0.401. The number of primary amides is 1. The molecule has 10 heteroatoms. The standard InChI is InChI=1S/C25H29FN4O4S/c1-5-33-23(32)25(3,4)34-19-12-6-16(7-13-19)14-20-21(27)29-24(35-20)30(15(2)22(28)31)18-10-8-17(26)9-11-18/h6-13,15H,5,14,27H2,1-4H3,(H2,28,31). The van der Waals surface area contributed by atoms with Gasteiger partial charge in [-0.15, -0.1) is 0 Å². The largest absolute Gasteiger partial charge is 0.476 e. The summed E-state index contributed by atoms with van der Waals surface area (Å²) in [5.74, 6) is -0.520. The minimum Gasteiger partial charge on any atom is -0.476 e. The number of hydrogen-bond donors (Lipinski definition) is 2. The van der Waals surface area contributed by atoms with Crippen LogP contribution in [0, 0.1) is 5.82 Å². The fourth-order valence-electron chi connectivity index (χ4n) is 3.31. The van der Waals surface area contributed by atoms with Crippen molar-refractivity contribution >= 4 is 39.9 Å². The molecule has 0 aliphatic carbocycles. The van der Waals surface area contributed by atoms with E-state index >= 15 is 0 Å². The number of halogens is 1. The number of hydrogen-bond acceptors (Lipinski definition) is 8. The van der Waals surface area contributed by atoms with E-state index in [0.717, 1.165) is 10.4 Å². The molecule has 186 valence electrons. The third-order valence-electron chi connectivity index (χ3n) is 5.25. The number of aromatic nitrogens is 1. The van der Waals surface area contributed by atoms with Gasteiger partial charge in [-0.3, -0.25) is 4.79 Å². The third kappa shape index (κ3) is 6.27. The average molecular weight is 501 g/mol. The second kappa shape index (κ2) is 10.7. The van der Waals surface area contributed by atoms with Crippen molar-refractivity contribution in [1.29, 1.82) is 0 Å². The Kier molecular flexibility index (Phi) is 7.96. The lowest BCUT2D eigenvalue weighted by Gasteiger charge is -2.26. The number of anilines is 3. The molecule has 0 aliphatic heterocycles. The van der Waals surface area contributed by atoms with Gasteiger partial charge in [0.2, 0.25) is 5.91 Å². The second-order valence-electron chi connectivity index (χ2n) is 8.38. The Bertz CT molecular complexity index is 1180. The van der Waals surface area contributed by atoms with Gasteiger partial charge < -0.3 is 25.8 Å². The van der Waals surface area contributed by atoms with Crippen LogP contribution in [0.25, 0.3) is 0 Å². The number of nitrogens with zero attached hydrogens (tertiary/aromatic N) is 2. The molecule has 0 radical (unpaired) electrons. The van der Waals surface area contributed by atoms with Crippen LogP contribution in [0.1, 0.15) is 38.1 Å². The van der Waals surface area contributed by atoms with Crippen LogP contribution in [0.15, 0.2) is 48.5 Å². The molecule has 0 spiro atoms. The van der Waals surface area contributed by atoms with Crippen molar-refractivity contribution in [3.63, 3.8) is 0 Å². The minimum absolute atomic E-state index is 0.277. The lowest BCUT2D eigenvalue weighted by molar-refractivity contribution is -0.158. The van der Waals surface area contributed by atoms with Gasteiger partial charge in [-0.1, -0.05) is 23.5 Å². The van der Waals surface area contributed by atoms with Crippen molar-refractivity contribution in [3.8, 4) is 5.75 Å². The maximum atomic E-state index is 13.4. The molecular weight excluding hydrogens is 471 g/mol. The van der Waals surface area contributed by atoms with Gasteiger partial charge in [-0.05, 0) is 69.7 Å². The smallest absolute Gasteiger partial charge is 0.349 e. The van der Waals surface area contributed by atoms with Gasteiger partial charge in [0.15, 0.2) is 10.7 Å². The van der Waals surface area contributed by atoms with Crippen molar-refractivity contribution in [3.05, 3.63) is 64.8 Å². The maximum Gasteiger partial charge on any atom is 0.349 e. The molecule has 1 amide bonds. The number of thiazole rings is 1. The predicted octanol–water partition coefficient (Wildman–Crippen LogP) is 4.19. The van der Waals surface area contributed by atoms with Crippen LogP contribution >= 0.6 is 11.3 Å². The Morgan fingerprint density at radius 2 is 1.77 bits per heavy atom. The van der Waals surface area contributed by atoms with Crippen molar-refractivity contribution in [2.75, 3.05) is 17.2 Å². The Labute approximate surface area is 207 Å². The van der Waals surface area contributed by atoms with E-state index in [1.807, 2.05) is 12.1 Å². The molecule has 1 aromatic heterocycles. The fourth-order valence-corrected chi connectivity index (χ4v) is 4.43. The van der Waals surface area contributed by atoms with Gasteiger partial charge in [0.25, 0.3) is 0 Å². The highest BCUT2D eigenvalue weighted by molar-refractivity contribution is 7.16. The Balaban J connectivity index is 1.80. The predicted molar refractivity (Wildman–Crippen MR) is 134 cm³/mol. The van der Waals surface area contributed by atoms with Crippen molar-refractivity contribution in [2.24, 2.45) is 5.73 Å². The molecule has 0 saturated carbocycles. The van der Waals surface area contributed by atoms with E-state index in [1.54, 1.807) is 56.9 Å². The van der Waals surface area contributed by atoms with Gasteiger partial charge in [0.1, 0.15) is 23.4 Å². The number of nitrogen functional groups attached to an aromatic ring is 1. The Morgan fingerprint density at radius 3 is 2.34 bits per heavy atom. The number of carbonyl (C=O) groups is 2. The third-order valence-corrected chi connectivity index (χ3v) is 6.32. The van der Waals surface area contributed by atoms with E-state index in [0.29, 0.717) is 28.8 Å². The highest BCUT2D eigenvalue weighted by Crippen LogP contribution is 2.36. The number of esters is 1. The van der Waals surface area contributed by atoms with Crippen LogP contribution in [-0.2, 0) is 20.7 Å². The van der Waals surface area contributed by atoms with Crippen LogP contribution < -0.4 is 21.1 Å². The molecule has 8 nitrogen and oxygen atoms in total. The fraction of sp³-hybridized carbons (Fsp3) is 0.320. The summed E-state index contributed by atoms with van der Waals surface area (Å²) in [6, 6.07) is 12.3. The van der Waals surface area contributed by atoms with Crippen LogP contribution in [0.4, 0.5) is 21.0 Å². The molecule has 0 aliphatic rings. The molecule has 1 unspecified atom stereocenters. The Hall–Kier alpha value is -3.66. The number of carbonyl (C=O) groups excluding carboxylic acids is 2. The molecular formula is C25H29FN4O4S. The van der Waals surface area contributed by atoms with E-state index in [1.165, 1.54) is 23.5 Å². The van der Waals surface area contributed by atoms with E-state index in [2.05, 4.69) is 4.98 Å². The van der Waals surface area contributed by atoms with Crippen LogP contribution in [0.2, 0.25) is 0 Å². The summed E-state index contributed by atoms with van der Waals surface area (Å²) < 4.78 is 24.3. The normalized spacial score (nSPS) is 12.1. The molecule has 3 aromatic rings. The van der Waals surface area contributed by atoms with Crippen molar-refractivity contribution < 1.29 is 23.5 Å². The zero-order chi connectivity index (χ0) is 25.8. The number of benzene rings is 2. The zero-order valence-corrected chi connectivity index (χ0v) is 20.9. The Morgan fingerprint density at radius 1 is 1.14 bits per heavy atom. The maximum absolute atomic E-state index is 13.4. The first-order valence-electron chi connectivity index (χ1n) is 11.1. The van der Waals surface area contributed by atoms with Gasteiger partial charge in [-0.25, -0.2) is 14.2 Å². The number of amides is 1. The van der Waals surface area contributed by atoms with Gasteiger partial charge >= 0.3 is 5.97 Å². The van der Waals surface area contributed by atoms with Crippen LogP contribution in [0.5, 0.6) is 5.75 Å². The van der Waals surface area contributed by atoms with E-state index in [4.69, 9.17) is 20.9 Å². The van der Waals surface area contributed by atoms with E-state index in [-0.39, 0.29) is 6.61 Å². The summed E-state index contributed by atoms with van der Waals surface area (Å²) in [4.78, 5) is 30.9. The topological polar surface area (TPSA) is 121 Å². The van der Waals surface area contributed by atoms with Crippen molar-refractivity contribution in [2.45, 2.75) is 45.8 Å². The molecule has 1 atom stereocenters. The summed E-state index contributed by atoms with van der Waals surface area (Å²) >= 11 is 1.33. The minimum atomic E-state index is -1.12. The monoisotopic (exact) mass is 500 g/mol. The number of rotatable bonds is 10. The van der Waals surface area contributed by atoms with E-state index in [9.17, 15) is 14.0 Å². The van der Waals surface area contributed by atoms with Gasteiger partial charge in [-0.2, -0.15) is 0 Å². The summed E-state index contributed by atoms with van der Waals surface area (Å²) in [5, 5.41) is 0.478. The highest BCUT2D eigenvalue weighted by Gasteiger charge is 2.31. The molecule has 3 rings (SSSR count). The molecule has 0 saturated heterocycles. The molecule has 4 N–H and O–H groups in total. The molecule has 2 aromatic carbocycles.